The molecule has 0 spiro atoms. The average Bonchev–Trinajstić information content (AvgIpc) is 3.24. The van der Waals surface area contributed by atoms with E-state index in [2.05, 4.69) is 5.32 Å². The van der Waals surface area contributed by atoms with Crippen molar-refractivity contribution < 1.29 is 19.3 Å². The summed E-state index contributed by atoms with van der Waals surface area (Å²) in [5.74, 6) is 1.89. The number of nitrogens with one attached hydrogen (secondary N) is 1. The lowest BCUT2D eigenvalue weighted by molar-refractivity contribution is 0.229. The van der Waals surface area contributed by atoms with Gasteiger partial charge in [0.2, 0.25) is 5.75 Å². The topological polar surface area (TPSA) is 60.0 Å². The maximum absolute atomic E-state index is 9.29. The number of aliphatic hydroxyl groups excluding tert-OH is 1. The van der Waals surface area contributed by atoms with Crippen LogP contribution in [0.2, 0.25) is 0 Å². The third kappa shape index (κ3) is 2.93. The maximum Gasteiger partial charge on any atom is 0.203 e. The van der Waals surface area contributed by atoms with Crippen molar-refractivity contribution in [1.29, 1.82) is 0 Å². The molecule has 2 N–H and O–H groups in total. The standard InChI is InChI=1S/C14H21NO4/c1-17-11-6-10(7-12(18-2)13(11)19-3)8-15-14(9-16)4-5-14/h6-7,15-16H,4-5,8-9H2,1-3H3. The molecule has 0 aromatic heterocycles. The highest BCUT2D eigenvalue weighted by atomic mass is 16.5. The fraction of sp³-hybridized carbons (Fsp3) is 0.571. The Kier molecular flexibility index (Phi) is 4.17. The van der Waals surface area contributed by atoms with Crippen molar-refractivity contribution in [3.8, 4) is 17.2 Å². The van der Waals surface area contributed by atoms with Crippen LogP contribution in [0.15, 0.2) is 12.1 Å². The van der Waals surface area contributed by atoms with Crippen LogP contribution in [0.1, 0.15) is 18.4 Å². The zero-order chi connectivity index (χ0) is 13.9. The van der Waals surface area contributed by atoms with E-state index in [0.717, 1.165) is 18.4 Å². The number of hydrogen-bond donors (Lipinski definition) is 2. The molecule has 1 fully saturated rings. The zero-order valence-electron chi connectivity index (χ0n) is 11.7. The highest BCUT2D eigenvalue weighted by Gasteiger charge is 2.41. The molecular weight excluding hydrogens is 246 g/mol. The molecule has 5 heteroatoms. The van der Waals surface area contributed by atoms with Gasteiger partial charge in [-0.2, -0.15) is 0 Å². The second-order valence-electron chi connectivity index (χ2n) is 4.83. The van der Waals surface area contributed by atoms with E-state index in [1.54, 1.807) is 21.3 Å². The minimum atomic E-state index is -0.0829. The molecule has 0 unspecified atom stereocenters. The van der Waals surface area contributed by atoms with E-state index in [1.807, 2.05) is 12.1 Å². The molecule has 0 saturated heterocycles. The lowest BCUT2D eigenvalue weighted by Gasteiger charge is -2.17. The van der Waals surface area contributed by atoms with Gasteiger partial charge in [0, 0.05) is 12.1 Å². The van der Waals surface area contributed by atoms with Crippen LogP contribution in [0, 0.1) is 0 Å². The predicted molar refractivity (Wildman–Crippen MR) is 72.0 cm³/mol. The molecule has 1 aliphatic rings. The summed E-state index contributed by atoms with van der Waals surface area (Å²) in [6.45, 7) is 0.842. The summed E-state index contributed by atoms with van der Waals surface area (Å²) in [6.07, 6.45) is 2.04. The lowest BCUT2D eigenvalue weighted by Crippen LogP contribution is -2.34. The van der Waals surface area contributed by atoms with Gasteiger partial charge >= 0.3 is 0 Å². The summed E-state index contributed by atoms with van der Waals surface area (Å²) in [5.41, 5.74) is 0.953. The molecule has 2 rings (SSSR count). The molecule has 5 nitrogen and oxygen atoms in total. The van der Waals surface area contributed by atoms with Crippen LogP contribution in [0.5, 0.6) is 17.2 Å². The van der Waals surface area contributed by atoms with Gasteiger partial charge in [-0.1, -0.05) is 0 Å². The van der Waals surface area contributed by atoms with Crippen LogP contribution in [-0.2, 0) is 6.54 Å². The van der Waals surface area contributed by atoms with E-state index < -0.39 is 0 Å². The molecule has 1 aromatic rings. The monoisotopic (exact) mass is 267 g/mol. The average molecular weight is 267 g/mol. The molecule has 0 aliphatic heterocycles. The van der Waals surface area contributed by atoms with Gasteiger partial charge in [-0.25, -0.2) is 0 Å². The number of benzene rings is 1. The Morgan fingerprint density at radius 1 is 1.11 bits per heavy atom. The van der Waals surface area contributed by atoms with Gasteiger partial charge in [-0.3, -0.25) is 0 Å². The van der Waals surface area contributed by atoms with E-state index >= 15 is 0 Å². The van der Waals surface area contributed by atoms with Gasteiger partial charge in [-0.05, 0) is 30.5 Å². The molecule has 1 aliphatic carbocycles. The van der Waals surface area contributed by atoms with Gasteiger partial charge in [0.05, 0.1) is 27.9 Å². The smallest absolute Gasteiger partial charge is 0.203 e. The lowest BCUT2D eigenvalue weighted by atomic mass is 10.1. The van der Waals surface area contributed by atoms with E-state index in [0.29, 0.717) is 23.8 Å². The SMILES string of the molecule is COc1cc(CNC2(CO)CC2)cc(OC)c1OC. The summed E-state index contributed by atoms with van der Waals surface area (Å²) < 4.78 is 15.9. The van der Waals surface area contributed by atoms with Gasteiger partial charge < -0.3 is 24.6 Å². The van der Waals surface area contributed by atoms with Crippen molar-refractivity contribution in [2.24, 2.45) is 0 Å². The summed E-state index contributed by atoms with van der Waals surface area (Å²) >= 11 is 0. The molecule has 1 aromatic carbocycles. The van der Waals surface area contributed by atoms with E-state index in [4.69, 9.17) is 14.2 Å². The van der Waals surface area contributed by atoms with Gasteiger partial charge in [-0.15, -0.1) is 0 Å². The fourth-order valence-corrected chi connectivity index (χ4v) is 2.07. The third-order valence-corrected chi connectivity index (χ3v) is 3.55. The summed E-state index contributed by atoms with van der Waals surface area (Å²) in [4.78, 5) is 0. The molecule has 0 amide bonds. The van der Waals surface area contributed by atoms with Crippen molar-refractivity contribution >= 4 is 0 Å². The number of aliphatic hydroxyl groups is 1. The quantitative estimate of drug-likeness (QED) is 0.780. The van der Waals surface area contributed by atoms with Crippen molar-refractivity contribution in [1.82, 2.24) is 5.32 Å². The molecule has 0 heterocycles. The minimum absolute atomic E-state index is 0.0829. The Labute approximate surface area is 113 Å². The Balaban J connectivity index is 2.16. The van der Waals surface area contributed by atoms with Gasteiger partial charge in [0.1, 0.15) is 0 Å². The van der Waals surface area contributed by atoms with Gasteiger partial charge in [0.25, 0.3) is 0 Å². The Hall–Kier alpha value is -1.46. The largest absolute Gasteiger partial charge is 0.493 e. The van der Waals surface area contributed by atoms with Crippen LogP contribution in [0.4, 0.5) is 0 Å². The Morgan fingerprint density at radius 3 is 2.05 bits per heavy atom. The van der Waals surface area contributed by atoms with Crippen molar-refractivity contribution in [2.75, 3.05) is 27.9 Å². The summed E-state index contributed by atoms with van der Waals surface area (Å²) in [5, 5.41) is 12.7. The molecule has 106 valence electrons. The van der Waals surface area contributed by atoms with Crippen LogP contribution in [-0.4, -0.2) is 38.6 Å². The highest BCUT2D eigenvalue weighted by Crippen LogP contribution is 2.39. The van der Waals surface area contributed by atoms with Crippen LogP contribution >= 0.6 is 0 Å². The fourth-order valence-electron chi connectivity index (χ4n) is 2.07. The molecule has 1 saturated carbocycles. The molecule has 19 heavy (non-hydrogen) atoms. The van der Waals surface area contributed by atoms with E-state index in [-0.39, 0.29) is 12.1 Å². The molecular formula is C14H21NO4. The number of ether oxygens (including phenoxy) is 3. The highest BCUT2D eigenvalue weighted by molar-refractivity contribution is 5.53. The Morgan fingerprint density at radius 2 is 1.68 bits per heavy atom. The first-order valence-corrected chi connectivity index (χ1v) is 6.33. The van der Waals surface area contributed by atoms with Crippen molar-refractivity contribution in [2.45, 2.75) is 24.9 Å². The van der Waals surface area contributed by atoms with E-state index in [9.17, 15) is 5.11 Å². The number of methoxy groups -OCH3 is 3. The number of hydrogen-bond acceptors (Lipinski definition) is 5. The van der Waals surface area contributed by atoms with Crippen LogP contribution in [0.25, 0.3) is 0 Å². The first-order valence-electron chi connectivity index (χ1n) is 6.33. The van der Waals surface area contributed by atoms with Crippen LogP contribution in [0.3, 0.4) is 0 Å². The maximum atomic E-state index is 9.29. The second kappa shape index (κ2) is 5.67. The van der Waals surface area contributed by atoms with Crippen molar-refractivity contribution in [3.63, 3.8) is 0 Å². The zero-order valence-corrected chi connectivity index (χ0v) is 11.7. The molecule has 0 atom stereocenters. The summed E-state index contributed by atoms with van der Waals surface area (Å²) in [6, 6.07) is 3.84. The Bertz CT molecular complexity index is 418. The van der Waals surface area contributed by atoms with Gasteiger partial charge in [0.15, 0.2) is 11.5 Å². The van der Waals surface area contributed by atoms with Crippen molar-refractivity contribution in [3.05, 3.63) is 17.7 Å². The summed E-state index contributed by atoms with van der Waals surface area (Å²) in [7, 11) is 4.79. The third-order valence-electron chi connectivity index (χ3n) is 3.55. The second-order valence-corrected chi connectivity index (χ2v) is 4.83. The minimum Gasteiger partial charge on any atom is -0.493 e. The molecule has 0 bridgehead atoms. The van der Waals surface area contributed by atoms with Crippen LogP contribution < -0.4 is 19.5 Å². The number of rotatable bonds is 7. The molecule has 0 radical (unpaired) electrons. The normalized spacial score (nSPS) is 16.0. The first-order chi connectivity index (χ1) is 9.18. The predicted octanol–water partition coefficient (Wildman–Crippen LogP) is 1.33. The first kappa shape index (κ1) is 14.0. The van der Waals surface area contributed by atoms with E-state index in [1.165, 1.54) is 0 Å².